The van der Waals surface area contributed by atoms with Gasteiger partial charge in [0.2, 0.25) is 0 Å². The van der Waals surface area contributed by atoms with Gasteiger partial charge in [0.15, 0.2) is 0 Å². The Balaban J connectivity index is 2.51. The van der Waals surface area contributed by atoms with Crippen LogP contribution in [0, 0.1) is 19.5 Å². The minimum Gasteiger partial charge on any atom is -0.480 e. The van der Waals surface area contributed by atoms with Gasteiger partial charge in [0.25, 0.3) is 5.69 Å². The van der Waals surface area contributed by atoms with E-state index in [-0.39, 0.29) is 34.0 Å². The molecule has 0 radical (unpaired) electrons. The number of ether oxygens (including phenoxy) is 1. The zero-order chi connectivity index (χ0) is 15.7. The molecule has 1 aliphatic heterocycles. The molecule has 1 N–H and O–H groups in total. The molecule has 2 atom stereocenters. The maximum atomic E-state index is 13.7. The van der Waals surface area contributed by atoms with Crippen LogP contribution in [-0.4, -0.2) is 41.8 Å². The molecule has 0 aromatic heterocycles. The molecule has 0 amide bonds. The van der Waals surface area contributed by atoms with Crippen molar-refractivity contribution in [2.75, 3.05) is 18.6 Å². The van der Waals surface area contributed by atoms with E-state index in [4.69, 9.17) is 4.74 Å². The van der Waals surface area contributed by atoms with E-state index in [1.54, 1.807) is 22.6 Å². The number of nitrogens with zero attached hydrogens (tertiary/aromatic N) is 2. The predicted octanol–water partition coefficient (Wildman–Crippen LogP) is 2.02. The van der Waals surface area contributed by atoms with Crippen LogP contribution in [0.1, 0.15) is 6.42 Å². The number of nitro groups is 1. The van der Waals surface area contributed by atoms with Gasteiger partial charge in [0, 0.05) is 32.2 Å². The first-order valence-corrected chi connectivity index (χ1v) is 7.08. The summed E-state index contributed by atoms with van der Waals surface area (Å²) < 4.78 is 19.0. The molecule has 21 heavy (non-hydrogen) atoms. The molecule has 1 aromatic rings. The lowest BCUT2D eigenvalue weighted by molar-refractivity contribution is -0.384. The molecule has 7 nitrogen and oxygen atoms in total. The van der Waals surface area contributed by atoms with Gasteiger partial charge in [0.1, 0.15) is 17.5 Å². The van der Waals surface area contributed by atoms with Crippen LogP contribution < -0.4 is 4.90 Å². The molecule has 2 unspecified atom stereocenters. The molecule has 1 saturated heterocycles. The van der Waals surface area contributed by atoms with Crippen LogP contribution >= 0.6 is 22.6 Å². The summed E-state index contributed by atoms with van der Waals surface area (Å²) in [5, 5.41) is 20.4. The van der Waals surface area contributed by atoms with Crippen LogP contribution in [-0.2, 0) is 9.53 Å². The van der Waals surface area contributed by atoms with Crippen LogP contribution in [0.25, 0.3) is 0 Å². The standard InChI is InChI=1S/C12H12FIN2O5/c1-21-6-2-11(12(17)18)15(5-6)9-3-7(13)8(14)4-10(9)16(19)20/h3-4,6,11H,2,5H2,1H3,(H,17,18). The highest BCUT2D eigenvalue weighted by atomic mass is 127. The highest BCUT2D eigenvalue weighted by Crippen LogP contribution is 2.36. The average molecular weight is 410 g/mol. The third-order valence-electron chi connectivity index (χ3n) is 3.40. The third kappa shape index (κ3) is 3.07. The summed E-state index contributed by atoms with van der Waals surface area (Å²) in [6.07, 6.45) is -0.176. The molecule has 1 aliphatic rings. The number of carboxylic acids is 1. The van der Waals surface area contributed by atoms with Gasteiger partial charge in [-0.3, -0.25) is 10.1 Å². The van der Waals surface area contributed by atoms with E-state index >= 15 is 0 Å². The van der Waals surface area contributed by atoms with Gasteiger partial charge in [-0.25, -0.2) is 9.18 Å². The number of hydrogen-bond acceptors (Lipinski definition) is 5. The van der Waals surface area contributed by atoms with Gasteiger partial charge < -0.3 is 14.7 Å². The van der Waals surface area contributed by atoms with Gasteiger partial charge in [-0.05, 0) is 22.6 Å². The van der Waals surface area contributed by atoms with Crippen molar-refractivity contribution in [3.05, 3.63) is 31.6 Å². The quantitative estimate of drug-likeness (QED) is 0.464. The zero-order valence-corrected chi connectivity index (χ0v) is 13.1. The highest BCUT2D eigenvalue weighted by Gasteiger charge is 2.40. The summed E-state index contributed by atoms with van der Waals surface area (Å²) in [5.41, 5.74) is -0.353. The number of methoxy groups -OCH3 is 1. The minimum absolute atomic E-state index is 0.0372. The van der Waals surface area contributed by atoms with Gasteiger partial charge in [-0.15, -0.1) is 0 Å². The van der Waals surface area contributed by atoms with Crippen LogP contribution in [0.2, 0.25) is 0 Å². The molecule has 2 rings (SSSR count). The van der Waals surface area contributed by atoms with E-state index in [1.807, 2.05) is 0 Å². The summed E-state index contributed by atoms with van der Waals surface area (Å²) in [4.78, 5) is 23.1. The maximum absolute atomic E-state index is 13.7. The second-order valence-corrected chi connectivity index (χ2v) is 5.77. The van der Waals surface area contributed by atoms with Gasteiger partial charge in [-0.2, -0.15) is 0 Å². The fraction of sp³-hybridized carbons (Fsp3) is 0.417. The van der Waals surface area contributed by atoms with Crippen molar-refractivity contribution in [3.63, 3.8) is 0 Å². The molecule has 1 aromatic carbocycles. The van der Waals surface area contributed by atoms with Crippen molar-refractivity contribution in [1.82, 2.24) is 0 Å². The van der Waals surface area contributed by atoms with E-state index < -0.39 is 22.8 Å². The highest BCUT2D eigenvalue weighted by molar-refractivity contribution is 14.1. The van der Waals surface area contributed by atoms with E-state index in [0.29, 0.717) is 0 Å². The first-order chi connectivity index (χ1) is 9.85. The summed E-state index contributed by atoms with van der Waals surface area (Å²) in [5.74, 6) is -1.75. The average Bonchev–Trinajstić information content (AvgIpc) is 2.85. The largest absolute Gasteiger partial charge is 0.480 e. The Morgan fingerprint density at radius 2 is 2.29 bits per heavy atom. The molecule has 114 valence electrons. The van der Waals surface area contributed by atoms with Crippen molar-refractivity contribution in [3.8, 4) is 0 Å². The monoisotopic (exact) mass is 410 g/mol. The summed E-state index contributed by atoms with van der Waals surface area (Å²) in [6, 6.07) is 1.13. The van der Waals surface area contributed by atoms with E-state index in [0.717, 1.165) is 12.1 Å². The Hall–Kier alpha value is -1.49. The SMILES string of the molecule is COC1CC(C(=O)O)N(c2cc(F)c(I)cc2[N+](=O)[O-])C1. The second-order valence-electron chi connectivity index (χ2n) is 4.61. The molecule has 0 saturated carbocycles. The Morgan fingerprint density at radius 1 is 1.62 bits per heavy atom. The van der Waals surface area contributed by atoms with Crippen LogP contribution in [0.3, 0.4) is 0 Å². The Kier molecular flexibility index (Phi) is 4.61. The van der Waals surface area contributed by atoms with Crippen molar-refractivity contribution in [2.45, 2.75) is 18.6 Å². The predicted molar refractivity (Wildman–Crippen MR) is 80.0 cm³/mol. The van der Waals surface area contributed by atoms with Crippen LogP contribution in [0.15, 0.2) is 12.1 Å². The summed E-state index contributed by atoms with van der Waals surface area (Å²) in [6.45, 7) is 0.161. The number of hydrogen-bond donors (Lipinski definition) is 1. The molecule has 0 aliphatic carbocycles. The lowest BCUT2D eigenvalue weighted by Gasteiger charge is -2.23. The topological polar surface area (TPSA) is 92.9 Å². The molecular formula is C12H12FIN2O5. The fourth-order valence-corrected chi connectivity index (χ4v) is 2.82. The van der Waals surface area contributed by atoms with Crippen molar-refractivity contribution >= 4 is 39.9 Å². The van der Waals surface area contributed by atoms with E-state index in [2.05, 4.69) is 0 Å². The van der Waals surface area contributed by atoms with E-state index in [9.17, 15) is 24.4 Å². The first-order valence-electron chi connectivity index (χ1n) is 6.00. The normalized spacial score (nSPS) is 21.6. The zero-order valence-electron chi connectivity index (χ0n) is 11.0. The van der Waals surface area contributed by atoms with Crippen molar-refractivity contribution < 1.29 is 24.0 Å². The van der Waals surface area contributed by atoms with Gasteiger partial charge in [-0.1, -0.05) is 0 Å². The Bertz CT molecular complexity index is 597. The van der Waals surface area contributed by atoms with Crippen LogP contribution in [0.5, 0.6) is 0 Å². The van der Waals surface area contributed by atoms with Gasteiger partial charge in [0.05, 0.1) is 14.6 Å². The van der Waals surface area contributed by atoms with Gasteiger partial charge >= 0.3 is 5.97 Å². The molecule has 0 bridgehead atoms. The maximum Gasteiger partial charge on any atom is 0.326 e. The molecule has 1 heterocycles. The number of nitro benzene ring substituents is 1. The Labute approximate surface area is 133 Å². The smallest absolute Gasteiger partial charge is 0.326 e. The number of rotatable bonds is 4. The molecule has 0 spiro atoms. The lowest BCUT2D eigenvalue weighted by atomic mass is 10.2. The number of anilines is 1. The van der Waals surface area contributed by atoms with Crippen LogP contribution in [0.4, 0.5) is 15.8 Å². The lowest BCUT2D eigenvalue weighted by Crippen LogP contribution is -2.36. The summed E-state index contributed by atoms with van der Waals surface area (Å²) in [7, 11) is 1.44. The number of benzene rings is 1. The minimum atomic E-state index is -1.12. The second kappa shape index (κ2) is 6.10. The molecular weight excluding hydrogens is 398 g/mol. The number of carbonyl (C=O) groups is 1. The first kappa shape index (κ1) is 15.9. The third-order valence-corrected chi connectivity index (χ3v) is 4.23. The number of aliphatic carboxylic acids is 1. The molecule has 9 heteroatoms. The van der Waals surface area contributed by atoms with E-state index in [1.165, 1.54) is 12.0 Å². The fourth-order valence-electron chi connectivity index (χ4n) is 2.37. The Morgan fingerprint density at radius 3 is 2.81 bits per heavy atom. The van der Waals surface area contributed by atoms with Crippen molar-refractivity contribution in [2.24, 2.45) is 0 Å². The summed E-state index contributed by atoms with van der Waals surface area (Å²) >= 11 is 1.65. The van der Waals surface area contributed by atoms with Crippen molar-refractivity contribution in [1.29, 1.82) is 0 Å². The number of halogens is 2. The molecule has 1 fully saturated rings. The number of carboxylic acid groups (broad SMARTS) is 1.